The van der Waals surface area contributed by atoms with E-state index in [0.29, 0.717) is 13.0 Å². The fourth-order valence-electron chi connectivity index (χ4n) is 3.84. The maximum atomic E-state index is 13.2. The lowest BCUT2D eigenvalue weighted by Crippen LogP contribution is -2.54. The van der Waals surface area contributed by atoms with Gasteiger partial charge in [-0.15, -0.1) is 0 Å². The number of hydrogen-bond acceptors (Lipinski definition) is 4. The molecule has 0 heterocycles. The number of carbonyl (C=O) groups is 3. The Morgan fingerprint density at radius 1 is 0.892 bits per heavy atom. The van der Waals surface area contributed by atoms with Crippen LogP contribution in [0.1, 0.15) is 79.2 Å². The molecule has 0 saturated heterocycles. The third kappa shape index (κ3) is 11.8. The van der Waals surface area contributed by atoms with Crippen LogP contribution in [0.5, 0.6) is 0 Å². The summed E-state index contributed by atoms with van der Waals surface area (Å²) in [5, 5.41) is 7.65. The van der Waals surface area contributed by atoms with Crippen molar-refractivity contribution in [3.8, 4) is 0 Å². The highest BCUT2D eigenvalue weighted by Gasteiger charge is 2.34. The summed E-state index contributed by atoms with van der Waals surface area (Å²) < 4.78 is 0. The number of likely N-dealkylation sites (N-methyl/N-ethyl adjacent to an activating group) is 1. The van der Waals surface area contributed by atoms with Gasteiger partial charge in [0, 0.05) is 13.5 Å². The highest BCUT2D eigenvalue weighted by molar-refractivity contribution is 5.91. The molecule has 7 heteroatoms. The Labute approximate surface area is 223 Å². The Balaban J connectivity index is 0.00000124. The van der Waals surface area contributed by atoms with E-state index < -0.39 is 17.4 Å². The SMILES string of the molecule is CCCCC.CCCONC(=O)CC(Cc1ccc2ccccc2c1)C(=O)NC(C(=O)NC)C(C)(C)C. The Morgan fingerprint density at radius 3 is 2.08 bits per heavy atom. The average Bonchev–Trinajstić information content (AvgIpc) is 2.86. The quantitative estimate of drug-likeness (QED) is 0.264. The molecule has 206 valence electrons. The van der Waals surface area contributed by atoms with Gasteiger partial charge in [-0.1, -0.05) is 103 Å². The smallest absolute Gasteiger partial charge is 0.244 e. The van der Waals surface area contributed by atoms with Crippen LogP contribution in [0.25, 0.3) is 10.8 Å². The molecule has 37 heavy (non-hydrogen) atoms. The second kappa shape index (κ2) is 16.7. The maximum absolute atomic E-state index is 13.2. The number of nitrogens with one attached hydrogen (secondary N) is 3. The summed E-state index contributed by atoms with van der Waals surface area (Å²) in [6, 6.07) is 13.3. The van der Waals surface area contributed by atoms with Gasteiger partial charge in [-0.2, -0.15) is 0 Å². The molecule has 2 rings (SSSR count). The number of rotatable bonds is 12. The van der Waals surface area contributed by atoms with Crippen molar-refractivity contribution in [3.05, 3.63) is 48.0 Å². The molecule has 0 aliphatic rings. The van der Waals surface area contributed by atoms with E-state index in [1.54, 1.807) is 0 Å². The Kier molecular flexibility index (Phi) is 14.5. The molecule has 7 nitrogen and oxygen atoms in total. The van der Waals surface area contributed by atoms with Crippen molar-refractivity contribution in [3.63, 3.8) is 0 Å². The topological polar surface area (TPSA) is 96.5 Å². The molecule has 0 aliphatic carbocycles. The lowest BCUT2D eigenvalue weighted by atomic mass is 9.85. The zero-order valence-corrected chi connectivity index (χ0v) is 23.8. The number of unbranched alkanes of at least 4 members (excludes halogenated alkanes) is 2. The molecule has 0 spiro atoms. The van der Waals surface area contributed by atoms with Gasteiger partial charge in [-0.05, 0) is 34.6 Å². The van der Waals surface area contributed by atoms with E-state index in [1.165, 1.54) is 26.3 Å². The Hall–Kier alpha value is -2.93. The lowest BCUT2D eigenvalue weighted by molar-refractivity contribution is -0.139. The standard InChI is InChI=1S/C25H35N3O4.C5H12/c1-6-13-32-28-21(29)16-20(23(30)27-22(24(31)26-5)25(2,3)4)15-17-11-12-18-9-7-8-10-19(18)14-17;1-3-5-4-2/h7-12,14,20,22H,6,13,15-16H2,1-5H3,(H,26,31)(H,27,30)(H,28,29);3-5H2,1-2H3. The van der Waals surface area contributed by atoms with Gasteiger partial charge in [0.05, 0.1) is 12.5 Å². The molecular formula is C30H47N3O4. The van der Waals surface area contributed by atoms with Crippen LogP contribution >= 0.6 is 0 Å². The highest BCUT2D eigenvalue weighted by Crippen LogP contribution is 2.23. The summed E-state index contributed by atoms with van der Waals surface area (Å²) in [6.45, 7) is 12.4. The molecule has 0 fully saturated rings. The van der Waals surface area contributed by atoms with Crippen molar-refractivity contribution in [1.82, 2.24) is 16.1 Å². The fraction of sp³-hybridized carbons (Fsp3) is 0.567. The second-order valence-corrected chi connectivity index (χ2v) is 10.4. The van der Waals surface area contributed by atoms with E-state index in [1.807, 2.05) is 70.2 Å². The number of carbonyl (C=O) groups excluding carboxylic acids is 3. The second-order valence-electron chi connectivity index (χ2n) is 10.4. The van der Waals surface area contributed by atoms with Crippen LogP contribution in [0.2, 0.25) is 0 Å². The summed E-state index contributed by atoms with van der Waals surface area (Å²) in [6.07, 6.45) is 5.16. The summed E-state index contributed by atoms with van der Waals surface area (Å²) in [5.41, 5.74) is 2.86. The van der Waals surface area contributed by atoms with Crippen molar-refractivity contribution >= 4 is 28.5 Å². The van der Waals surface area contributed by atoms with Gasteiger partial charge in [0.15, 0.2) is 0 Å². The molecule has 0 saturated carbocycles. The summed E-state index contributed by atoms with van der Waals surface area (Å²) in [4.78, 5) is 43.2. The largest absolute Gasteiger partial charge is 0.357 e. The van der Waals surface area contributed by atoms with Crippen LogP contribution in [0.3, 0.4) is 0 Å². The zero-order valence-electron chi connectivity index (χ0n) is 23.8. The predicted molar refractivity (Wildman–Crippen MR) is 151 cm³/mol. The van der Waals surface area contributed by atoms with Crippen molar-refractivity contribution in [2.45, 2.75) is 86.1 Å². The molecule has 0 bridgehead atoms. The number of amides is 3. The minimum absolute atomic E-state index is 0.0486. The third-order valence-electron chi connectivity index (χ3n) is 5.96. The first-order valence-corrected chi connectivity index (χ1v) is 13.5. The molecule has 0 radical (unpaired) electrons. The first-order chi connectivity index (χ1) is 17.6. The van der Waals surface area contributed by atoms with E-state index in [-0.39, 0.29) is 24.1 Å². The van der Waals surface area contributed by atoms with Crippen LogP contribution in [0, 0.1) is 11.3 Å². The first-order valence-electron chi connectivity index (χ1n) is 13.5. The van der Waals surface area contributed by atoms with E-state index in [0.717, 1.165) is 22.8 Å². The zero-order chi connectivity index (χ0) is 27.8. The van der Waals surface area contributed by atoms with Gasteiger partial charge in [0.1, 0.15) is 6.04 Å². The molecule has 3 N–H and O–H groups in total. The maximum Gasteiger partial charge on any atom is 0.244 e. The number of hydrogen-bond donors (Lipinski definition) is 3. The summed E-state index contributed by atoms with van der Waals surface area (Å²) in [5.74, 6) is -1.64. The van der Waals surface area contributed by atoms with Crippen molar-refractivity contribution < 1.29 is 19.2 Å². The Morgan fingerprint density at radius 2 is 1.54 bits per heavy atom. The molecule has 2 aromatic rings. The minimum atomic E-state index is -0.724. The van der Waals surface area contributed by atoms with Crippen LogP contribution < -0.4 is 16.1 Å². The van der Waals surface area contributed by atoms with Gasteiger partial charge in [-0.3, -0.25) is 19.2 Å². The van der Waals surface area contributed by atoms with Crippen molar-refractivity contribution in [2.75, 3.05) is 13.7 Å². The summed E-state index contributed by atoms with van der Waals surface area (Å²) in [7, 11) is 1.54. The van der Waals surface area contributed by atoms with E-state index >= 15 is 0 Å². The van der Waals surface area contributed by atoms with Crippen molar-refractivity contribution in [1.29, 1.82) is 0 Å². The molecule has 0 aliphatic heterocycles. The molecule has 0 aromatic heterocycles. The summed E-state index contributed by atoms with van der Waals surface area (Å²) >= 11 is 0. The first kappa shape index (κ1) is 32.1. The van der Waals surface area contributed by atoms with E-state index in [4.69, 9.17) is 4.84 Å². The number of hydroxylamine groups is 1. The normalized spacial score (nSPS) is 12.6. The molecule has 3 amide bonds. The monoisotopic (exact) mass is 513 g/mol. The molecule has 2 unspecified atom stereocenters. The van der Waals surface area contributed by atoms with Gasteiger partial charge in [0.25, 0.3) is 0 Å². The van der Waals surface area contributed by atoms with Crippen LogP contribution in [-0.4, -0.2) is 37.4 Å². The van der Waals surface area contributed by atoms with Gasteiger partial charge in [0.2, 0.25) is 17.7 Å². The molecule has 2 aromatic carbocycles. The minimum Gasteiger partial charge on any atom is -0.357 e. The fourth-order valence-corrected chi connectivity index (χ4v) is 3.84. The number of fused-ring (bicyclic) bond motifs is 1. The third-order valence-corrected chi connectivity index (χ3v) is 5.96. The molecular weight excluding hydrogens is 466 g/mol. The van der Waals surface area contributed by atoms with E-state index in [2.05, 4.69) is 30.0 Å². The molecule has 2 atom stereocenters. The van der Waals surface area contributed by atoms with Gasteiger partial charge >= 0.3 is 0 Å². The Bertz CT molecular complexity index is 982. The predicted octanol–water partition coefficient (Wildman–Crippen LogP) is 5.32. The van der Waals surface area contributed by atoms with E-state index in [9.17, 15) is 14.4 Å². The number of benzene rings is 2. The van der Waals surface area contributed by atoms with Crippen LogP contribution in [0.15, 0.2) is 42.5 Å². The van der Waals surface area contributed by atoms with Crippen LogP contribution in [0.4, 0.5) is 0 Å². The highest BCUT2D eigenvalue weighted by atomic mass is 16.6. The lowest BCUT2D eigenvalue weighted by Gasteiger charge is -2.31. The van der Waals surface area contributed by atoms with Gasteiger partial charge in [-0.25, -0.2) is 5.48 Å². The van der Waals surface area contributed by atoms with Crippen molar-refractivity contribution in [2.24, 2.45) is 11.3 Å². The van der Waals surface area contributed by atoms with Gasteiger partial charge < -0.3 is 10.6 Å². The van der Waals surface area contributed by atoms with Crippen LogP contribution in [-0.2, 0) is 25.6 Å². The average molecular weight is 514 g/mol.